The lowest BCUT2D eigenvalue weighted by Gasteiger charge is -2.10. The highest BCUT2D eigenvalue weighted by Crippen LogP contribution is 2.20. The summed E-state index contributed by atoms with van der Waals surface area (Å²) in [4.78, 5) is 0. The topological polar surface area (TPSA) is 9.23 Å². The van der Waals surface area contributed by atoms with Gasteiger partial charge in [0.15, 0.2) is 0 Å². The second-order valence-electron chi connectivity index (χ2n) is 2.93. The molecule has 0 saturated carbocycles. The zero-order chi connectivity index (χ0) is 8.10. The highest BCUT2D eigenvalue weighted by atomic mass is 16.5. The standard InChI is InChI=1S/C10H16O/c1-3-4-6-9(2)10-7-5-8-11-10/h3-4,10H,2,5-8H2,1H3/b4-3+. The number of ether oxygens (including phenoxy) is 1. The van der Waals surface area contributed by atoms with Gasteiger partial charge in [-0.05, 0) is 31.8 Å². The van der Waals surface area contributed by atoms with Crippen molar-refractivity contribution in [2.75, 3.05) is 6.61 Å². The minimum absolute atomic E-state index is 0.339. The van der Waals surface area contributed by atoms with Crippen LogP contribution in [-0.2, 0) is 4.74 Å². The maximum atomic E-state index is 5.48. The van der Waals surface area contributed by atoms with Gasteiger partial charge in [0.1, 0.15) is 0 Å². The minimum atomic E-state index is 0.339. The molecule has 62 valence electrons. The zero-order valence-corrected chi connectivity index (χ0v) is 7.18. The summed E-state index contributed by atoms with van der Waals surface area (Å²) in [5, 5.41) is 0. The molecule has 0 bridgehead atoms. The first-order valence-electron chi connectivity index (χ1n) is 4.25. The summed E-state index contributed by atoms with van der Waals surface area (Å²) in [6.45, 7) is 6.94. The fraction of sp³-hybridized carbons (Fsp3) is 0.600. The average Bonchev–Trinajstić information content (AvgIpc) is 2.52. The highest BCUT2D eigenvalue weighted by molar-refractivity contribution is 5.08. The Kier molecular flexibility index (Phi) is 3.37. The molecular weight excluding hydrogens is 136 g/mol. The quantitative estimate of drug-likeness (QED) is 0.565. The van der Waals surface area contributed by atoms with E-state index in [-0.39, 0.29) is 0 Å². The molecule has 0 spiro atoms. The normalized spacial score (nSPS) is 24.6. The summed E-state index contributed by atoms with van der Waals surface area (Å²) in [5.41, 5.74) is 1.22. The van der Waals surface area contributed by atoms with Gasteiger partial charge in [0.2, 0.25) is 0 Å². The van der Waals surface area contributed by atoms with Crippen molar-refractivity contribution in [3.8, 4) is 0 Å². The van der Waals surface area contributed by atoms with Crippen LogP contribution in [0.5, 0.6) is 0 Å². The molecule has 1 fully saturated rings. The summed E-state index contributed by atoms with van der Waals surface area (Å²) in [7, 11) is 0. The monoisotopic (exact) mass is 152 g/mol. The number of hydrogen-bond acceptors (Lipinski definition) is 1. The average molecular weight is 152 g/mol. The molecule has 1 aliphatic rings. The van der Waals surface area contributed by atoms with Gasteiger partial charge in [-0.1, -0.05) is 18.7 Å². The third kappa shape index (κ3) is 2.51. The summed E-state index contributed by atoms with van der Waals surface area (Å²) < 4.78 is 5.48. The first kappa shape index (κ1) is 8.54. The van der Waals surface area contributed by atoms with Crippen LogP contribution in [0, 0.1) is 0 Å². The molecule has 0 aliphatic carbocycles. The number of rotatable bonds is 3. The predicted molar refractivity (Wildman–Crippen MR) is 47.5 cm³/mol. The van der Waals surface area contributed by atoms with Gasteiger partial charge < -0.3 is 4.74 Å². The molecule has 1 aliphatic heterocycles. The maximum absolute atomic E-state index is 5.48. The van der Waals surface area contributed by atoms with Crippen molar-refractivity contribution in [2.45, 2.75) is 32.3 Å². The van der Waals surface area contributed by atoms with Crippen molar-refractivity contribution < 1.29 is 4.74 Å². The summed E-state index contributed by atoms with van der Waals surface area (Å²) in [6.07, 6.45) is 7.85. The first-order valence-corrected chi connectivity index (χ1v) is 4.25. The third-order valence-electron chi connectivity index (χ3n) is 2.00. The molecule has 0 aromatic heterocycles. The molecule has 1 nitrogen and oxygen atoms in total. The van der Waals surface area contributed by atoms with E-state index in [1.54, 1.807) is 0 Å². The Morgan fingerprint density at radius 3 is 3.09 bits per heavy atom. The van der Waals surface area contributed by atoms with Gasteiger partial charge in [-0.15, -0.1) is 0 Å². The van der Waals surface area contributed by atoms with Gasteiger partial charge in [0.25, 0.3) is 0 Å². The Morgan fingerprint density at radius 2 is 2.55 bits per heavy atom. The SMILES string of the molecule is C=C(C/C=C/C)C1CCCO1. The van der Waals surface area contributed by atoms with Gasteiger partial charge in [-0.25, -0.2) is 0 Å². The summed E-state index contributed by atoms with van der Waals surface area (Å²) in [5.74, 6) is 0. The Bertz CT molecular complexity index is 152. The first-order chi connectivity index (χ1) is 5.34. The Hall–Kier alpha value is -0.560. The van der Waals surface area contributed by atoms with Gasteiger partial charge >= 0.3 is 0 Å². The molecule has 0 aromatic carbocycles. The highest BCUT2D eigenvalue weighted by Gasteiger charge is 2.16. The molecule has 1 heterocycles. The lowest BCUT2D eigenvalue weighted by molar-refractivity contribution is 0.136. The van der Waals surface area contributed by atoms with Crippen molar-refractivity contribution in [3.05, 3.63) is 24.3 Å². The van der Waals surface area contributed by atoms with Gasteiger partial charge in [-0.3, -0.25) is 0 Å². The number of allylic oxidation sites excluding steroid dienone is 2. The molecule has 11 heavy (non-hydrogen) atoms. The molecule has 0 amide bonds. The Morgan fingerprint density at radius 1 is 1.73 bits per heavy atom. The third-order valence-corrected chi connectivity index (χ3v) is 2.00. The fourth-order valence-electron chi connectivity index (χ4n) is 1.30. The molecule has 1 heteroatoms. The molecule has 1 rings (SSSR count). The second kappa shape index (κ2) is 4.35. The van der Waals surface area contributed by atoms with E-state index in [1.807, 2.05) is 6.92 Å². The number of hydrogen-bond donors (Lipinski definition) is 0. The van der Waals surface area contributed by atoms with Crippen LogP contribution >= 0.6 is 0 Å². The van der Waals surface area contributed by atoms with Gasteiger partial charge in [0, 0.05) is 6.61 Å². The lowest BCUT2D eigenvalue weighted by atomic mass is 10.1. The van der Waals surface area contributed by atoms with Crippen LogP contribution in [0.3, 0.4) is 0 Å². The summed E-state index contributed by atoms with van der Waals surface area (Å²) in [6, 6.07) is 0. The van der Waals surface area contributed by atoms with Crippen LogP contribution in [0.1, 0.15) is 26.2 Å². The van der Waals surface area contributed by atoms with Crippen LogP contribution in [0.25, 0.3) is 0 Å². The molecule has 1 saturated heterocycles. The van der Waals surface area contributed by atoms with Crippen LogP contribution < -0.4 is 0 Å². The lowest BCUT2D eigenvalue weighted by Crippen LogP contribution is -2.06. The maximum Gasteiger partial charge on any atom is 0.0786 e. The van der Waals surface area contributed by atoms with Crippen molar-refractivity contribution in [1.29, 1.82) is 0 Å². The van der Waals surface area contributed by atoms with Crippen LogP contribution in [-0.4, -0.2) is 12.7 Å². The Labute approximate surface area is 68.8 Å². The molecule has 1 atom stereocenters. The van der Waals surface area contributed by atoms with E-state index >= 15 is 0 Å². The molecule has 0 N–H and O–H groups in total. The van der Waals surface area contributed by atoms with E-state index in [9.17, 15) is 0 Å². The van der Waals surface area contributed by atoms with Crippen molar-refractivity contribution in [1.82, 2.24) is 0 Å². The summed E-state index contributed by atoms with van der Waals surface area (Å²) >= 11 is 0. The smallest absolute Gasteiger partial charge is 0.0786 e. The van der Waals surface area contributed by atoms with E-state index in [1.165, 1.54) is 12.0 Å². The van der Waals surface area contributed by atoms with E-state index < -0.39 is 0 Å². The molecular formula is C10H16O. The van der Waals surface area contributed by atoms with E-state index in [2.05, 4.69) is 18.7 Å². The van der Waals surface area contributed by atoms with Gasteiger partial charge in [-0.2, -0.15) is 0 Å². The van der Waals surface area contributed by atoms with Crippen molar-refractivity contribution >= 4 is 0 Å². The van der Waals surface area contributed by atoms with Crippen molar-refractivity contribution in [3.63, 3.8) is 0 Å². The molecule has 0 aromatic rings. The van der Waals surface area contributed by atoms with E-state index in [0.717, 1.165) is 19.4 Å². The zero-order valence-electron chi connectivity index (χ0n) is 7.18. The largest absolute Gasteiger partial charge is 0.374 e. The van der Waals surface area contributed by atoms with Crippen molar-refractivity contribution in [2.24, 2.45) is 0 Å². The van der Waals surface area contributed by atoms with Crippen LogP contribution in [0.2, 0.25) is 0 Å². The molecule has 0 radical (unpaired) electrons. The van der Waals surface area contributed by atoms with E-state index in [4.69, 9.17) is 4.74 Å². The fourth-order valence-corrected chi connectivity index (χ4v) is 1.30. The Balaban J connectivity index is 2.28. The van der Waals surface area contributed by atoms with Crippen LogP contribution in [0.4, 0.5) is 0 Å². The van der Waals surface area contributed by atoms with E-state index in [0.29, 0.717) is 6.10 Å². The second-order valence-corrected chi connectivity index (χ2v) is 2.93. The predicted octanol–water partition coefficient (Wildman–Crippen LogP) is 2.69. The van der Waals surface area contributed by atoms with Gasteiger partial charge in [0.05, 0.1) is 6.10 Å². The minimum Gasteiger partial charge on any atom is -0.374 e. The van der Waals surface area contributed by atoms with Crippen LogP contribution in [0.15, 0.2) is 24.3 Å². The molecule has 1 unspecified atom stereocenters.